The maximum atomic E-state index is 15.4. The number of aryl methyl sites for hydroxylation is 2. The Bertz CT molecular complexity index is 2830. The maximum absolute atomic E-state index is 15.4. The first-order valence-corrected chi connectivity index (χ1v) is 27.5. The second-order valence-electron chi connectivity index (χ2n) is 19.7. The van der Waals surface area contributed by atoms with Crippen LogP contribution in [-0.2, 0) is 12.8 Å². The number of carbonyl (C=O) groups is 4. The number of hydrogen-bond donors (Lipinski definition) is 0. The van der Waals surface area contributed by atoms with E-state index >= 15 is 8.78 Å². The zero-order valence-electron chi connectivity index (χ0n) is 44.7. The number of carbonyl (C=O) groups excluding carboxylic acids is 4. The highest BCUT2D eigenvalue weighted by Gasteiger charge is 2.22. The molecule has 400 valence electrons. The molecule has 0 aliphatic heterocycles. The van der Waals surface area contributed by atoms with E-state index < -0.39 is 46.6 Å². The molecule has 0 saturated carbocycles. The quantitative estimate of drug-likeness (QED) is 0.0271. The van der Waals surface area contributed by atoms with E-state index in [1.807, 2.05) is 24.3 Å². The zero-order valence-corrected chi connectivity index (χ0v) is 44.7. The van der Waals surface area contributed by atoms with Crippen LogP contribution in [0.1, 0.15) is 175 Å². The molecule has 0 bridgehead atoms. The van der Waals surface area contributed by atoms with Gasteiger partial charge in [-0.25, -0.2) is 28.0 Å². The number of esters is 4. The standard InChI is InChI=1S/C67H70F2O8/c1-4-6-8-10-12-14-16-18-21-48-25-29-50(30-26-48)52-33-37-54(38-34-52)64(70)74-56-41-43-58(60(68)45-56)66(72)76-62-23-20-24-63(47(62)3)77-67(73)59-44-42-57(46-61(59)69)75-65(71)55-39-35-53(36-40-55)51-31-27-49(28-32-51)22-19-17-15-13-11-9-7-5-2/h20,23-46H,4-19,21-22H2,1-3H3. The fourth-order valence-corrected chi connectivity index (χ4v) is 9.16. The number of hydrogen-bond acceptors (Lipinski definition) is 8. The van der Waals surface area contributed by atoms with Crippen LogP contribution in [-0.4, -0.2) is 23.9 Å². The van der Waals surface area contributed by atoms with Gasteiger partial charge < -0.3 is 18.9 Å². The van der Waals surface area contributed by atoms with E-state index in [0.29, 0.717) is 0 Å². The van der Waals surface area contributed by atoms with Gasteiger partial charge in [-0.2, -0.15) is 0 Å². The lowest BCUT2D eigenvalue weighted by atomic mass is 10.00. The van der Waals surface area contributed by atoms with Crippen molar-refractivity contribution in [2.75, 3.05) is 0 Å². The largest absolute Gasteiger partial charge is 0.423 e. The molecule has 7 aromatic carbocycles. The molecule has 77 heavy (non-hydrogen) atoms. The van der Waals surface area contributed by atoms with Gasteiger partial charge in [0.15, 0.2) is 0 Å². The highest BCUT2D eigenvalue weighted by Crippen LogP contribution is 2.31. The number of benzene rings is 7. The summed E-state index contributed by atoms with van der Waals surface area (Å²) in [5.41, 5.74) is 6.36. The Balaban J connectivity index is 0.858. The Labute approximate surface area is 452 Å². The monoisotopic (exact) mass is 1040 g/mol. The molecule has 0 unspecified atom stereocenters. The molecule has 0 aliphatic rings. The maximum Gasteiger partial charge on any atom is 0.346 e. The molecule has 7 rings (SSSR count). The molecule has 0 aromatic heterocycles. The summed E-state index contributed by atoms with van der Waals surface area (Å²) in [5.74, 6) is -5.86. The third kappa shape index (κ3) is 17.1. The van der Waals surface area contributed by atoms with Gasteiger partial charge in [0, 0.05) is 17.7 Å². The van der Waals surface area contributed by atoms with Crippen LogP contribution in [0.5, 0.6) is 23.0 Å². The Morgan fingerprint density at radius 1 is 0.364 bits per heavy atom. The number of ether oxygens (including phenoxy) is 4. The molecule has 0 aliphatic carbocycles. The minimum Gasteiger partial charge on any atom is -0.423 e. The summed E-state index contributed by atoms with van der Waals surface area (Å²) < 4.78 is 52.6. The molecule has 0 spiro atoms. The average Bonchev–Trinajstić information content (AvgIpc) is 3.44. The average molecular weight is 1040 g/mol. The Morgan fingerprint density at radius 2 is 0.688 bits per heavy atom. The number of halogens is 2. The summed E-state index contributed by atoms with van der Waals surface area (Å²) in [4.78, 5) is 52.5. The van der Waals surface area contributed by atoms with Gasteiger partial charge in [-0.3, -0.25) is 0 Å². The van der Waals surface area contributed by atoms with Gasteiger partial charge in [0.25, 0.3) is 0 Å². The van der Waals surface area contributed by atoms with Crippen LogP contribution in [0.25, 0.3) is 22.3 Å². The molecule has 0 fully saturated rings. The Morgan fingerprint density at radius 3 is 1.03 bits per heavy atom. The van der Waals surface area contributed by atoms with Crippen molar-refractivity contribution in [2.45, 2.75) is 136 Å². The van der Waals surface area contributed by atoms with E-state index in [0.717, 1.165) is 59.4 Å². The fourth-order valence-electron chi connectivity index (χ4n) is 9.16. The van der Waals surface area contributed by atoms with Crippen LogP contribution in [0.2, 0.25) is 0 Å². The molecule has 0 N–H and O–H groups in total. The van der Waals surface area contributed by atoms with Crippen LogP contribution >= 0.6 is 0 Å². The zero-order chi connectivity index (χ0) is 54.4. The SMILES string of the molecule is CCCCCCCCCCc1ccc(-c2ccc(C(=O)Oc3ccc(C(=O)Oc4cccc(OC(=O)c5ccc(OC(=O)c6ccc(-c7ccc(CCCCCCCCCC)cc7)cc6)cc5F)c4C)c(F)c3)cc2)cc1. The van der Waals surface area contributed by atoms with Crippen molar-refractivity contribution in [3.05, 3.63) is 202 Å². The van der Waals surface area contributed by atoms with Crippen molar-refractivity contribution in [1.29, 1.82) is 0 Å². The summed E-state index contributed by atoms with van der Waals surface area (Å²) in [6, 6.07) is 41.8. The molecule has 0 radical (unpaired) electrons. The van der Waals surface area contributed by atoms with E-state index in [2.05, 4.69) is 62.4 Å². The second-order valence-corrected chi connectivity index (χ2v) is 19.7. The van der Waals surface area contributed by atoms with Crippen molar-refractivity contribution in [2.24, 2.45) is 0 Å². The molecular weight excluding hydrogens is 971 g/mol. The summed E-state index contributed by atoms with van der Waals surface area (Å²) in [5, 5.41) is 0. The lowest BCUT2D eigenvalue weighted by Crippen LogP contribution is -2.14. The van der Waals surface area contributed by atoms with Gasteiger partial charge in [-0.15, -0.1) is 0 Å². The predicted molar refractivity (Wildman–Crippen MR) is 300 cm³/mol. The topological polar surface area (TPSA) is 105 Å². The third-order valence-corrected chi connectivity index (χ3v) is 13.8. The lowest BCUT2D eigenvalue weighted by Gasteiger charge is -2.13. The summed E-state index contributed by atoms with van der Waals surface area (Å²) in [6.07, 6.45) is 22.7. The lowest BCUT2D eigenvalue weighted by molar-refractivity contribution is 0.0719. The van der Waals surface area contributed by atoms with Crippen LogP contribution in [0.3, 0.4) is 0 Å². The van der Waals surface area contributed by atoms with E-state index in [1.165, 1.54) is 151 Å². The molecule has 7 aromatic rings. The van der Waals surface area contributed by atoms with Crippen LogP contribution in [0, 0.1) is 18.6 Å². The van der Waals surface area contributed by atoms with Crippen molar-refractivity contribution >= 4 is 23.9 Å². The Hall–Kier alpha value is -7.72. The highest BCUT2D eigenvalue weighted by molar-refractivity contribution is 5.95. The van der Waals surface area contributed by atoms with E-state index in [-0.39, 0.29) is 39.7 Å². The van der Waals surface area contributed by atoms with Gasteiger partial charge >= 0.3 is 23.9 Å². The molecule has 8 nitrogen and oxygen atoms in total. The van der Waals surface area contributed by atoms with Crippen LogP contribution in [0.15, 0.2) is 152 Å². The number of unbranched alkanes of at least 4 members (excludes halogenated alkanes) is 14. The van der Waals surface area contributed by atoms with E-state index in [1.54, 1.807) is 24.3 Å². The first-order chi connectivity index (χ1) is 37.5. The van der Waals surface area contributed by atoms with Crippen molar-refractivity contribution in [1.82, 2.24) is 0 Å². The molecule has 0 saturated heterocycles. The van der Waals surface area contributed by atoms with Gasteiger partial charge in [0.2, 0.25) is 0 Å². The fraction of sp³-hybridized carbons (Fsp3) is 0.313. The second kappa shape index (κ2) is 29.5. The summed E-state index contributed by atoms with van der Waals surface area (Å²) >= 11 is 0. The minimum absolute atomic E-state index is 0.0496. The van der Waals surface area contributed by atoms with Crippen molar-refractivity contribution < 1.29 is 46.9 Å². The minimum atomic E-state index is -1.06. The third-order valence-electron chi connectivity index (χ3n) is 13.8. The van der Waals surface area contributed by atoms with Gasteiger partial charge in [-0.05, 0) is 127 Å². The first kappa shape index (κ1) is 57.0. The predicted octanol–water partition coefficient (Wildman–Crippen LogP) is 17.9. The normalized spacial score (nSPS) is 11.0. The molecule has 0 heterocycles. The molecule has 10 heteroatoms. The molecule has 0 atom stereocenters. The Kier molecular flexibility index (Phi) is 21.9. The van der Waals surface area contributed by atoms with Crippen molar-refractivity contribution in [3.8, 4) is 45.3 Å². The van der Waals surface area contributed by atoms with Gasteiger partial charge in [0.1, 0.15) is 34.6 Å². The van der Waals surface area contributed by atoms with Gasteiger partial charge in [-0.1, -0.05) is 183 Å². The summed E-state index contributed by atoms with van der Waals surface area (Å²) in [6.45, 7) is 5.98. The van der Waals surface area contributed by atoms with Crippen LogP contribution in [0.4, 0.5) is 8.78 Å². The first-order valence-electron chi connectivity index (χ1n) is 27.5. The number of rotatable bonds is 28. The molecule has 0 amide bonds. The smallest absolute Gasteiger partial charge is 0.346 e. The van der Waals surface area contributed by atoms with Crippen molar-refractivity contribution in [3.63, 3.8) is 0 Å². The summed E-state index contributed by atoms with van der Waals surface area (Å²) in [7, 11) is 0. The van der Waals surface area contributed by atoms with E-state index in [9.17, 15) is 19.2 Å². The van der Waals surface area contributed by atoms with Gasteiger partial charge in [0.05, 0.1) is 22.3 Å². The van der Waals surface area contributed by atoms with E-state index in [4.69, 9.17) is 18.9 Å². The molecular formula is C67H70F2O8. The highest BCUT2D eigenvalue weighted by atomic mass is 19.1. The van der Waals surface area contributed by atoms with Crippen LogP contribution < -0.4 is 18.9 Å².